The lowest BCUT2D eigenvalue weighted by Crippen LogP contribution is -2.38. The van der Waals surface area contributed by atoms with Crippen LogP contribution < -0.4 is 10.5 Å². The molecule has 1 saturated carbocycles. The van der Waals surface area contributed by atoms with Gasteiger partial charge in [0, 0.05) is 17.1 Å². The maximum absolute atomic E-state index is 12.2. The number of hydrogen-bond donors (Lipinski definition) is 2. The zero-order valence-electron chi connectivity index (χ0n) is 9.87. The largest absolute Gasteiger partial charge is 0.326 e. The molecular weight excluding hydrogens is 375 g/mol. The smallest absolute Gasteiger partial charge is 0.243 e. The topological polar surface area (TPSA) is 72.2 Å². The molecule has 0 radical (unpaired) electrons. The predicted molar refractivity (Wildman–Crippen MR) is 80.0 cm³/mol. The van der Waals surface area contributed by atoms with Gasteiger partial charge in [-0.2, -0.15) is 0 Å². The Balaban J connectivity index is 2.19. The molecule has 1 fully saturated rings. The van der Waals surface area contributed by atoms with Crippen LogP contribution in [0.1, 0.15) is 12.8 Å². The van der Waals surface area contributed by atoms with Gasteiger partial charge in [-0.25, -0.2) is 13.1 Å². The van der Waals surface area contributed by atoms with E-state index in [1.54, 1.807) is 0 Å². The van der Waals surface area contributed by atoms with Crippen molar-refractivity contribution in [3.8, 4) is 0 Å². The van der Waals surface area contributed by atoms with Crippen LogP contribution in [-0.4, -0.2) is 21.0 Å². The number of nitrogens with one attached hydrogen (secondary N) is 1. The maximum Gasteiger partial charge on any atom is 0.243 e. The Kier molecular flexibility index (Phi) is 4.80. The normalized spacial score (nSPS) is 17.5. The standard InChI is InChI=1S/C11H13BrCl2N2O2S/c12-7-3-8(13)11(9(14)4-7)19(17,18)16-5-10(15)6-1-2-6/h3-4,6,10,16H,1-2,5,15H2. The summed E-state index contributed by atoms with van der Waals surface area (Å²) in [6.45, 7) is 0.190. The third-order valence-electron chi connectivity index (χ3n) is 2.97. The van der Waals surface area contributed by atoms with Gasteiger partial charge < -0.3 is 5.73 Å². The van der Waals surface area contributed by atoms with Crippen molar-refractivity contribution in [1.82, 2.24) is 4.72 Å². The van der Waals surface area contributed by atoms with Crippen LogP contribution >= 0.6 is 39.1 Å². The van der Waals surface area contributed by atoms with Crippen molar-refractivity contribution in [2.75, 3.05) is 6.54 Å². The van der Waals surface area contributed by atoms with Gasteiger partial charge in [0.15, 0.2) is 0 Å². The summed E-state index contributed by atoms with van der Waals surface area (Å²) >= 11 is 15.1. The Morgan fingerprint density at radius 3 is 2.37 bits per heavy atom. The van der Waals surface area contributed by atoms with Crippen molar-refractivity contribution < 1.29 is 8.42 Å². The minimum absolute atomic E-state index is 0.0758. The fourth-order valence-electron chi connectivity index (χ4n) is 1.75. The molecule has 1 aliphatic rings. The SMILES string of the molecule is NC(CNS(=O)(=O)c1c(Cl)cc(Br)cc1Cl)C1CC1. The van der Waals surface area contributed by atoms with E-state index in [4.69, 9.17) is 28.9 Å². The van der Waals surface area contributed by atoms with E-state index < -0.39 is 10.0 Å². The van der Waals surface area contributed by atoms with Crippen molar-refractivity contribution in [1.29, 1.82) is 0 Å². The highest BCUT2D eigenvalue weighted by molar-refractivity contribution is 9.10. The average Bonchev–Trinajstić information content (AvgIpc) is 3.07. The Hall–Kier alpha value is 0.150. The molecule has 3 N–H and O–H groups in total. The molecular formula is C11H13BrCl2N2O2S. The Morgan fingerprint density at radius 2 is 1.89 bits per heavy atom. The van der Waals surface area contributed by atoms with Crippen LogP contribution in [0.15, 0.2) is 21.5 Å². The molecule has 2 rings (SSSR count). The summed E-state index contributed by atoms with van der Waals surface area (Å²) in [5, 5.41) is 0.152. The number of sulfonamides is 1. The van der Waals surface area contributed by atoms with Gasteiger partial charge in [0.25, 0.3) is 0 Å². The predicted octanol–water partition coefficient (Wildman–Crippen LogP) is 2.77. The van der Waals surface area contributed by atoms with Crippen molar-refractivity contribution in [3.63, 3.8) is 0 Å². The summed E-state index contributed by atoms with van der Waals surface area (Å²) in [6, 6.07) is 2.81. The van der Waals surface area contributed by atoms with E-state index in [0.717, 1.165) is 12.8 Å². The molecule has 0 saturated heterocycles. The molecule has 1 atom stereocenters. The van der Waals surface area contributed by atoms with Gasteiger partial charge in [-0.3, -0.25) is 0 Å². The molecule has 1 unspecified atom stereocenters. The van der Waals surface area contributed by atoms with Crippen molar-refractivity contribution >= 4 is 49.2 Å². The van der Waals surface area contributed by atoms with E-state index in [1.807, 2.05) is 0 Å². The molecule has 8 heteroatoms. The summed E-state index contributed by atoms with van der Waals surface area (Å²) in [7, 11) is -3.75. The molecule has 1 aliphatic carbocycles. The summed E-state index contributed by atoms with van der Waals surface area (Å²) < 4.78 is 27.4. The summed E-state index contributed by atoms with van der Waals surface area (Å²) in [5.74, 6) is 0.415. The zero-order chi connectivity index (χ0) is 14.2. The minimum atomic E-state index is -3.75. The number of benzene rings is 1. The van der Waals surface area contributed by atoms with Crippen LogP contribution in [0.3, 0.4) is 0 Å². The second kappa shape index (κ2) is 5.87. The van der Waals surface area contributed by atoms with E-state index in [0.29, 0.717) is 10.4 Å². The molecule has 0 amide bonds. The summed E-state index contributed by atoms with van der Waals surface area (Å²) in [6.07, 6.45) is 2.12. The molecule has 0 bridgehead atoms. The number of nitrogens with two attached hydrogens (primary N) is 1. The van der Waals surface area contributed by atoms with Crippen LogP contribution in [0.25, 0.3) is 0 Å². The van der Waals surface area contributed by atoms with Crippen LogP contribution in [0, 0.1) is 5.92 Å². The van der Waals surface area contributed by atoms with E-state index in [2.05, 4.69) is 20.7 Å². The molecule has 1 aromatic carbocycles. The lowest BCUT2D eigenvalue weighted by Gasteiger charge is -2.14. The van der Waals surface area contributed by atoms with Crippen LogP contribution in [0.4, 0.5) is 0 Å². The third kappa shape index (κ3) is 3.83. The first-order chi connectivity index (χ1) is 8.81. The van der Waals surface area contributed by atoms with Gasteiger partial charge in [-0.1, -0.05) is 39.1 Å². The van der Waals surface area contributed by atoms with E-state index in [-0.39, 0.29) is 27.5 Å². The molecule has 1 aromatic rings. The molecule has 0 aromatic heterocycles. The minimum Gasteiger partial charge on any atom is -0.326 e. The van der Waals surface area contributed by atoms with Crippen LogP contribution in [0.2, 0.25) is 10.0 Å². The molecule has 19 heavy (non-hydrogen) atoms. The second-order valence-corrected chi connectivity index (χ2v) is 7.99. The van der Waals surface area contributed by atoms with Gasteiger partial charge >= 0.3 is 0 Å². The van der Waals surface area contributed by atoms with Gasteiger partial charge in [-0.05, 0) is 30.9 Å². The maximum atomic E-state index is 12.2. The Bertz CT molecular complexity index is 567. The van der Waals surface area contributed by atoms with Gasteiger partial charge in [0.2, 0.25) is 10.0 Å². The molecule has 0 aliphatic heterocycles. The summed E-state index contributed by atoms with van der Waals surface area (Å²) in [4.78, 5) is -0.109. The quantitative estimate of drug-likeness (QED) is 0.815. The van der Waals surface area contributed by atoms with E-state index >= 15 is 0 Å². The third-order valence-corrected chi connectivity index (χ3v) is 5.77. The van der Waals surface area contributed by atoms with Gasteiger partial charge in [-0.15, -0.1) is 0 Å². The van der Waals surface area contributed by atoms with Crippen molar-refractivity contribution in [3.05, 3.63) is 26.7 Å². The zero-order valence-corrected chi connectivity index (χ0v) is 13.8. The fourth-order valence-corrected chi connectivity index (χ4v) is 4.76. The number of halogens is 3. The van der Waals surface area contributed by atoms with Crippen LogP contribution in [-0.2, 0) is 10.0 Å². The summed E-state index contributed by atoms with van der Waals surface area (Å²) in [5.41, 5.74) is 5.86. The fraction of sp³-hybridized carbons (Fsp3) is 0.455. The number of hydrogen-bond acceptors (Lipinski definition) is 3. The van der Waals surface area contributed by atoms with Gasteiger partial charge in [0.1, 0.15) is 4.90 Å². The lowest BCUT2D eigenvalue weighted by atomic mass is 10.2. The molecule has 0 spiro atoms. The second-order valence-electron chi connectivity index (χ2n) is 4.55. The lowest BCUT2D eigenvalue weighted by molar-refractivity contribution is 0.548. The highest BCUT2D eigenvalue weighted by Gasteiger charge is 2.30. The first-order valence-electron chi connectivity index (χ1n) is 5.71. The monoisotopic (exact) mass is 386 g/mol. The van der Waals surface area contributed by atoms with E-state index in [1.165, 1.54) is 12.1 Å². The highest BCUT2D eigenvalue weighted by Crippen LogP contribution is 2.33. The first-order valence-corrected chi connectivity index (χ1v) is 8.74. The number of rotatable bonds is 5. The Labute approximate surface area is 130 Å². The average molecular weight is 388 g/mol. The van der Waals surface area contributed by atoms with Crippen LogP contribution in [0.5, 0.6) is 0 Å². The first kappa shape index (κ1) is 15.5. The van der Waals surface area contributed by atoms with Crippen molar-refractivity contribution in [2.24, 2.45) is 11.7 Å². The van der Waals surface area contributed by atoms with E-state index in [9.17, 15) is 8.42 Å². The highest BCUT2D eigenvalue weighted by atomic mass is 79.9. The molecule has 106 valence electrons. The molecule has 4 nitrogen and oxygen atoms in total. The molecule has 0 heterocycles. The Morgan fingerprint density at radius 1 is 1.37 bits per heavy atom. The van der Waals surface area contributed by atoms with Gasteiger partial charge in [0.05, 0.1) is 10.0 Å². The van der Waals surface area contributed by atoms with Crippen molar-refractivity contribution in [2.45, 2.75) is 23.8 Å².